The molecule has 3 rings (SSSR count). The third-order valence-corrected chi connectivity index (χ3v) is 8.21. The number of hydrogen-bond donors (Lipinski definition) is 1. The van der Waals surface area contributed by atoms with Crippen LogP contribution in [0.3, 0.4) is 0 Å². The highest BCUT2D eigenvalue weighted by Crippen LogP contribution is 2.58. The van der Waals surface area contributed by atoms with Crippen LogP contribution in [0.5, 0.6) is 0 Å². The van der Waals surface area contributed by atoms with Gasteiger partial charge in [-0.05, 0) is 92.6 Å². The maximum absolute atomic E-state index is 10.0. The standard InChI is InChI=1S/C27H44O/c1-19(2)8-6-9-21(4)25-15-16-26-22(10-7-17-27(25,26)5)12-13-23-18-24(28)14-11-20(23)3/h12-13,19,21,24-25,28H,6-11,14-18H2,1-5H3/b13-12+/t21-,24+,25-,27-/m1/s1. The average Bonchev–Trinajstić information content (AvgIpc) is 2.99. The van der Waals surface area contributed by atoms with Crippen LogP contribution in [0, 0.1) is 23.2 Å². The smallest absolute Gasteiger partial charge is 0.0583 e. The lowest BCUT2D eigenvalue weighted by atomic mass is 9.64. The number of aliphatic hydroxyl groups excluding tert-OH is 1. The van der Waals surface area contributed by atoms with E-state index < -0.39 is 0 Å². The van der Waals surface area contributed by atoms with Crippen LogP contribution in [0.15, 0.2) is 34.4 Å². The molecule has 0 unspecified atom stereocenters. The lowest BCUT2D eigenvalue weighted by molar-refractivity contribution is 0.159. The molecule has 0 heterocycles. The monoisotopic (exact) mass is 384 g/mol. The minimum atomic E-state index is -0.139. The van der Waals surface area contributed by atoms with Crippen LogP contribution in [-0.2, 0) is 0 Å². The Bertz CT molecular complexity index is 635. The molecule has 1 heteroatoms. The summed E-state index contributed by atoms with van der Waals surface area (Å²) in [5.74, 6) is 2.56. The molecule has 1 nitrogen and oxygen atoms in total. The lowest BCUT2D eigenvalue weighted by Gasteiger charge is -2.40. The molecule has 4 atom stereocenters. The van der Waals surface area contributed by atoms with Gasteiger partial charge in [0.05, 0.1) is 6.10 Å². The van der Waals surface area contributed by atoms with Crippen LogP contribution >= 0.6 is 0 Å². The van der Waals surface area contributed by atoms with Gasteiger partial charge in [-0.3, -0.25) is 0 Å². The molecule has 0 aromatic rings. The van der Waals surface area contributed by atoms with E-state index in [1.165, 1.54) is 62.5 Å². The zero-order valence-electron chi connectivity index (χ0n) is 19.2. The summed E-state index contributed by atoms with van der Waals surface area (Å²) >= 11 is 0. The summed E-state index contributed by atoms with van der Waals surface area (Å²) in [6.45, 7) is 12.1. The van der Waals surface area contributed by atoms with E-state index in [1.807, 2.05) is 0 Å². The maximum Gasteiger partial charge on any atom is 0.0583 e. The van der Waals surface area contributed by atoms with Crippen molar-refractivity contribution in [2.75, 3.05) is 0 Å². The number of allylic oxidation sites excluding steroid dienone is 5. The predicted octanol–water partition coefficient (Wildman–Crippen LogP) is 7.76. The fourth-order valence-corrected chi connectivity index (χ4v) is 6.42. The minimum Gasteiger partial charge on any atom is -0.393 e. The quantitative estimate of drug-likeness (QED) is 0.475. The number of fused-ring (bicyclic) bond motifs is 1. The lowest BCUT2D eigenvalue weighted by Crippen LogP contribution is -2.31. The summed E-state index contributed by atoms with van der Waals surface area (Å²) < 4.78 is 0. The first kappa shape index (κ1) is 21.9. The van der Waals surface area contributed by atoms with Crippen molar-refractivity contribution in [2.24, 2.45) is 23.2 Å². The number of rotatable bonds is 7. The predicted molar refractivity (Wildman–Crippen MR) is 121 cm³/mol. The van der Waals surface area contributed by atoms with Crippen LogP contribution in [0.2, 0.25) is 0 Å². The van der Waals surface area contributed by atoms with Crippen molar-refractivity contribution in [1.29, 1.82) is 0 Å². The Kier molecular flexibility index (Phi) is 7.29. The van der Waals surface area contributed by atoms with Crippen molar-refractivity contribution in [3.63, 3.8) is 0 Å². The van der Waals surface area contributed by atoms with Crippen LogP contribution in [0.4, 0.5) is 0 Å². The second kappa shape index (κ2) is 9.33. The van der Waals surface area contributed by atoms with Gasteiger partial charge >= 0.3 is 0 Å². The highest BCUT2D eigenvalue weighted by atomic mass is 16.3. The summed E-state index contributed by atoms with van der Waals surface area (Å²) in [4.78, 5) is 0. The number of aliphatic hydroxyl groups is 1. The Morgan fingerprint density at radius 3 is 2.54 bits per heavy atom. The highest BCUT2D eigenvalue weighted by Gasteiger charge is 2.46. The highest BCUT2D eigenvalue weighted by molar-refractivity contribution is 5.40. The molecular weight excluding hydrogens is 340 g/mol. The first-order valence-corrected chi connectivity index (χ1v) is 12.1. The van der Waals surface area contributed by atoms with Crippen molar-refractivity contribution in [3.05, 3.63) is 34.4 Å². The first-order chi connectivity index (χ1) is 13.3. The van der Waals surface area contributed by atoms with Gasteiger partial charge < -0.3 is 5.11 Å². The van der Waals surface area contributed by atoms with Gasteiger partial charge in [0.25, 0.3) is 0 Å². The molecule has 1 fully saturated rings. The van der Waals surface area contributed by atoms with E-state index in [-0.39, 0.29) is 6.10 Å². The zero-order chi connectivity index (χ0) is 20.3. The Hall–Kier alpha value is -0.820. The van der Waals surface area contributed by atoms with Crippen molar-refractivity contribution < 1.29 is 5.11 Å². The Morgan fingerprint density at radius 2 is 1.79 bits per heavy atom. The molecule has 3 aliphatic rings. The van der Waals surface area contributed by atoms with E-state index in [2.05, 4.69) is 46.8 Å². The molecule has 28 heavy (non-hydrogen) atoms. The van der Waals surface area contributed by atoms with Gasteiger partial charge in [-0.15, -0.1) is 0 Å². The summed E-state index contributed by atoms with van der Waals surface area (Å²) in [5.41, 5.74) is 6.71. The molecule has 0 spiro atoms. The van der Waals surface area contributed by atoms with E-state index >= 15 is 0 Å². The van der Waals surface area contributed by atoms with Gasteiger partial charge in [0.2, 0.25) is 0 Å². The van der Waals surface area contributed by atoms with Crippen molar-refractivity contribution in [3.8, 4) is 0 Å². The van der Waals surface area contributed by atoms with Crippen LogP contribution in [-0.4, -0.2) is 11.2 Å². The fraction of sp³-hybridized carbons (Fsp3) is 0.778. The van der Waals surface area contributed by atoms with E-state index in [4.69, 9.17) is 0 Å². The first-order valence-electron chi connectivity index (χ1n) is 12.1. The van der Waals surface area contributed by atoms with Gasteiger partial charge in [-0.1, -0.05) is 70.3 Å². The van der Waals surface area contributed by atoms with E-state index in [0.717, 1.165) is 37.0 Å². The molecule has 1 saturated carbocycles. The number of hydrogen-bond acceptors (Lipinski definition) is 1. The topological polar surface area (TPSA) is 20.2 Å². The van der Waals surface area contributed by atoms with Gasteiger partial charge in [0.15, 0.2) is 0 Å². The molecule has 0 aromatic carbocycles. The fourth-order valence-electron chi connectivity index (χ4n) is 6.42. The Morgan fingerprint density at radius 1 is 1.04 bits per heavy atom. The molecule has 1 N–H and O–H groups in total. The average molecular weight is 385 g/mol. The second-order valence-electron chi connectivity index (χ2n) is 10.8. The minimum absolute atomic E-state index is 0.139. The molecule has 0 bridgehead atoms. The van der Waals surface area contributed by atoms with Crippen molar-refractivity contribution in [2.45, 2.75) is 111 Å². The van der Waals surface area contributed by atoms with Gasteiger partial charge in [0.1, 0.15) is 0 Å². The third kappa shape index (κ3) is 4.84. The molecular formula is C27H44O. The molecule has 0 aliphatic heterocycles. The molecule has 158 valence electrons. The zero-order valence-corrected chi connectivity index (χ0v) is 19.2. The van der Waals surface area contributed by atoms with Crippen LogP contribution in [0.1, 0.15) is 105 Å². The van der Waals surface area contributed by atoms with E-state index in [0.29, 0.717) is 5.41 Å². The van der Waals surface area contributed by atoms with Crippen LogP contribution in [0.25, 0.3) is 0 Å². The van der Waals surface area contributed by atoms with E-state index in [9.17, 15) is 5.11 Å². The molecule has 0 radical (unpaired) electrons. The summed E-state index contributed by atoms with van der Waals surface area (Å²) in [5, 5.41) is 10.0. The molecule has 3 aliphatic carbocycles. The van der Waals surface area contributed by atoms with Crippen molar-refractivity contribution in [1.82, 2.24) is 0 Å². The molecule has 0 saturated heterocycles. The Labute approximate surface area is 174 Å². The summed E-state index contributed by atoms with van der Waals surface area (Å²) in [6.07, 6.45) is 18.4. The van der Waals surface area contributed by atoms with E-state index in [1.54, 1.807) is 11.1 Å². The SMILES string of the molecule is CC1=C(/C=C/C2=C3CC[C@H]([C@H](C)CCCC(C)C)[C@@]3(C)CCC2)C[C@@H](O)CC1. The van der Waals surface area contributed by atoms with Gasteiger partial charge in [-0.2, -0.15) is 0 Å². The summed E-state index contributed by atoms with van der Waals surface area (Å²) in [6, 6.07) is 0. The molecule has 0 amide bonds. The third-order valence-electron chi connectivity index (χ3n) is 8.21. The van der Waals surface area contributed by atoms with Crippen molar-refractivity contribution >= 4 is 0 Å². The second-order valence-corrected chi connectivity index (χ2v) is 10.8. The van der Waals surface area contributed by atoms with Gasteiger partial charge in [-0.25, -0.2) is 0 Å². The van der Waals surface area contributed by atoms with Gasteiger partial charge in [0, 0.05) is 0 Å². The maximum atomic E-state index is 10.0. The summed E-state index contributed by atoms with van der Waals surface area (Å²) in [7, 11) is 0. The Balaban J connectivity index is 1.74. The normalized spacial score (nSPS) is 32.5. The molecule has 0 aromatic heterocycles. The largest absolute Gasteiger partial charge is 0.393 e. The van der Waals surface area contributed by atoms with Crippen LogP contribution < -0.4 is 0 Å².